The molecule has 0 spiro atoms. The maximum Gasteiger partial charge on any atom is 0.0207 e. The van der Waals surface area contributed by atoms with Crippen LogP contribution in [0.3, 0.4) is 0 Å². The van der Waals surface area contributed by atoms with Crippen LogP contribution in [0, 0.1) is 6.92 Å². The van der Waals surface area contributed by atoms with E-state index in [9.17, 15) is 0 Å². The van der Waals surface area contributed by atoms with Gasteiger partial charge in [-0.3, -0.25) is 0 Å². The van der Waals surface area contributed by atoms with E-state index >= 15 is 0 Å². The Hall–Kier alpha value is -0.860. The standard InChI is InChI=1S/C18H39NO.C7H8/c1-2-3-4-5-6-7-8-9-10-11-12-13-14-15-16-17-18-19-20;1-7-5-3-2-4-6-7/h19-20H,2-18H2,1H3;2-6H,1H3. The first kappa shape index (κ1) is 26.1. The highest BCUT2D eigenvalue weighted by molar-refractivity contribution is 5.11. The fourth-order valence-electron chi connectivity index (χ4n) is 3.29. The fourth-order valence-corrected chi connectivity index (χ4v) is 3.29. The Bertz CT molecular complexity index is 348. The third-order valence-corrected chi connectivity index (χ3v) is 5.08. The van der Waals surface area contributed by atoms with Crippen molar-refractivity contribution in [2.24, 2.45) is 0 Å². The molecule has 0 fully saturated rings. The number of nitrogens with one attached hydrogen (secondary N) is 1. The molecule has 2 heteroatoms. The summed E-state index contributed by atoms with van der Waals surface area (Å²) in [5, 5.41) is 8.43. The number of hydroxylamine groups is 1. The van der Waals surface area contributed by atoms with Gasteiger partial charge in [0.15, 0.2) is 0 Å². The molecule has 0 heterocycles. The minimum absolute atomic E-state index is 0.748. The summed E-state index contributed by atoms with van der Waals surface area (Å²) in [6.07, 6.45) is 22.3. The number of benzene rings is 1. The van der Waals surface area contributed by atoms with E-state index in [-0.39, 0.29) is 0 Å². The second-order valence-electron chi connectivity index (χ2n) is 7.87. The molecule has 0 aliphatic heterocycles. The zero-order valence-corrected chi connectivity index (χ0v) is 18.4. The largest absolute Gasteiger partial charge is 0.317 e. The Kier molecular flexibility index (Phi) is 22.4. The molecule has 1 aromatic carbocycles. The Morgan fingerprint density at radius 3 is 1.26 bits per heavy atom. The molecule has 0 aromatic heterocycles. The quantitative estimate of drug-likeness (QED) is 0.212. The van der Waals surface area contributed by atoms with Crippen LogP contribution in [0.1, 0.15) is 115 Å². The van der Waals surface area contributed by atoms with Crippen LogP contribution in [0.2, 0.25) is 0 Å². The van der Waals surface area contributed by atoms with E-state index in [0.29, 0.717) is 0 Å². The van der Waals surface area contributed by atoms with Crippen molar-refractivity contribution in [1.82, 2.24) is 5.48 Å². The van der Waals surface area contributed by atoms with E-state index in [1.54, 1.807) is 0 Å². The number of hydrogen-bond donors (Lipinski definition) is 2. The summed E-state index contributed by atoms with van der Waals surface area (Å²) in [5.41, 5.74) is 3.54. The van der Waals surface area contributed by atoms with Crippen LogP contribution in [-0.4, -0.2) is 11.8 Å². The van der Waals surface area contributed by atoms with Crippen molar-refractivity contribution in [1.29, 1.82) is 0 Å². The van der Waals surface area contributed by atoms with Crippen molar-refractivity contribution < 1.29 is 5.21 Å². The smallest absolute Gasteiger partial charge is 0.0207 e. The number of unbranched alkanes of at least 4 members (excludes halogenated alkanes) is 15. The molecular weight excluding hydrogens is 330 g/mol. The normalized spacial score (nSPS) is 10.5. The number of aryl methyl sites for hydroxylation is 1. The van der Waals surface area contributed by atoms with Gasteiger partial charge in [0.2, 0.25) is 0 Å². The van der Waals surface area contributed by atoms with Crippen LogP contribution in [0.25, 0.3) is 0 Å². The lowest BCUT2D eigenvalue weighted by atomic mass is 10.0. The summed E-state index contributed by atoms with van der Waals surface area (Å²) in [6, 6.07) is 10.3. The van der Waals surface area contributed by atoms with E-state index in [0.717, 1.165) is 13.0 Å². The Labute approximate surface area is 170 Å². The molecule has 2 nitrogen and oxygen atoms in total. The van der Waals surface area contributed by atoms with Crippen molar-refractivity contribution >= 4 is 0 Å². The summed E-state index contributed by atoms with van der Waals surface area (Å²) < 4.78 is 0. The van der Waals surface area contributed by atoms with Crippen molar-refractivity contribution in [2.45, 2.75) is 117 Å². The van der Waals surface area contributed by atoms with Crippen molar-refractivity contribution in [2.75, 3.05) is 6.54 Å². The molecule has 0 amide bonds. The van der Waals surface area contributed by atoms with Gasteiger partial charge in [0.1, 0.15) is 0 Å². The van der Waals surface area contributed by atoms with Crippen LogP contribution < -0.4 is 5.48 Å². The third-order valence-electron chi connectivity index (χ3n) is 5.08. The average molecular weight is 378 g/mol. The maximum atomic E-state index is 8.43. The van der Waals surface area contributed by atoms with Crippen LogP contribution in [0.4, 0.5) is 0 Å². The first-order chi connectivity index (χ1) is 13.3. The highest BCUT2D eigenvalue weighted by Crippen LogP contribution is 2.13. The lowest BCUT2D eigenvalue weighted by Gasteiger charge is -2.03. The van der Waals surface area contributed by atoms with Gasteiger partial charge >= 0.3 is 0 Å². The monoisotopic (exact) mass is 377 g/mol. The van der Waals surface area contributed by atoms with Gasteiger partial charge in [0, 0.05) is 6.54 Å². The highest BCUT2D eigenvalue weighted by Gasteiger charge is 1.94. The minimum atomic E-state index is 0.748. The molecule has 0 aliphatic rings. The van der Waals surface area contributed by atoms with E-state index in [1.165, 1.54) is 102 Å². The van der Waals surface area contributed by atoms with E-state index < -0.39 is 0 Å². The molecule has 158 valence electrons. The van der Waals surface area contributed by atoms with Crippen LogP contribution in [0.15, 0.2) is 30.3 Å². The lowest BCUT2D eigenvalue weighted by Crippen LogP contribution is -2.07. The Balaban J connectivity index is 0.000000797. The predicted octanol–water partition coefficient (Wildman–Crippen LogP) is 8.22. The second-order valence-corrected chi connectivity index (χ2v) is 7.87. The summed E-state index contributed by atoms with van der Waals surface area (Å²) in [5.74, 6) is 0. The number of hydrogen-bond acceptors (Lipinski definition) is 2. The lowest BCUT2D eigenvalue weighted by molar-refractivity contribution is 0.164. The molecule has 0 bridgehead atoms. The zero-order chi connectivity index (χ0) is 19.8. The molecule has 0 radical (unpaired) electrons. The minimum Gasteiger partial charge on any atom is -0.317 e. The first-order valence-corrected chi connectivity index (χ1v) is 11.7. The van der Waals surface area contributed by atoms with Crippen LogP contribution in [0.5, 0.6) is 0 Å². The van der Waals surface area contributed by atoms with E-state index in [2.05, 4.69) is 31.5 Å². The van der Waals surface area contributed by atoms with Crippen LogP contribution >= 0.6 is 0 Å². The molecular formula is C25H47NO. The van der Waals surface area contributed by atoms with Gasteiger partial charge in [-0.2, -0.15) is 0 Å². The van der Waals surface area contributed by atoms with Gasteiger partial charge in [0.05, 0.1) is 0 Å². The molecule has 0 atom stereocenters. The van der Waals surface area contributed by atoms with Gasteiger partial charge in [0.25, 0.3) is 0 Å². The summed E-state index contributed by atoms with van der Waals surface area (Å²) >= 11 is 0. The fraction of sp³-hybridized carbons (Fsp3) is 0.760. The molecule has 1 rings (SSSR count). The second kappa shape index (κ2) is 23.2. The number of rotatable bonds is 17. The maximum absolute atomic E-state index is 8.43. The van der Waals surface area contributed by atoms with Crippen molar-refractivity contribution in [3.8, 4) is 0 Å². The van der Waals surface area contributed by atoms with Gasteiger partial charge in [-0.1, -0.05) is 139 Å². The molecule has 0 unspecified atom stereocenters. The topological polar surface area (TPSA) is 32.3 Å². The highest BCUT2D eigenvalue weighted by atomic mass is 16.5. The summed E-state index contributed by atoms with van der Waals surface area (Å²) in [4.78, 5) is 0. The molecule has 1 aromatic rings. The SMILES string of the molecule is CCCCCCCCCCCCCCCCCCNO.Cc1ccccc1. The van der Waals surface area contributed by atoms with Gasteiger partial charge in [-0.15, -0.1) is 0 Å². The summed E-state index contributed by atoms with van der Waals surface area (Å²) in [7, 11) is 0. The summed E-state index contributed by atoms with van der Waals surface area (Å²) in [6.45, 7) is 5.12. The zero-order valence-electron chi connectivity index (χ0n) is 18.4. The van der Waals surface area contributed by atoms with Crippen molar-refractivity contribution in [3.63, 3.8) is 0 Å². The predicted molar refractivity (Wildman–Crippen MR) is 121 cm³/mol. The van der Waals surface area contributed by atoms with Crippen molar-refractivity contribution in [3.05, 3.63) is 35.9 Å². The van der Waals surface area contributed by atoms with Crippen LogP contribution in [-0.2, 0) is 0 Å². The first-order valence-electron chi connectivity index (χ1n) is 11.7. The molecule has 0 aliphatic carbocycles. The Morgan fingerprint density at radius 1 is 0.593 bits per heavy atom. The molecule has 0 saturated heterocycles. The van der Waals surface area contributed by atoms with Gasteiger partial charge in [-0.05, 0) is 13.3 Å². The van der Waals surface area contributed by atoms with Gasteiger partial charge in [-0.25, -0.2) is 5.48 Å². The van der Waals surface area contributed by atoms with Gasteiger partial charge < -0.3 is 5.21 Å². The third kappa shape index (κ3) is 23.1. The molecule has 2 N–H and O–H groups in total. The average Bonchev–Trinajstić information content (AvgIpc) is 2.69. The molecule has 0 saturated carbocycles. The Morgan fingerprint density at radius 2 is 0.963 bits per heavy atom. The molecule has 27 heavy (non-hydrogen) atoms. The van der Waals surface area contributed by atoms with E-state index in [4.69, 9.17) is 5.21 Å². The van der Waals surface area contributed by atoms with E-state index in [1.807, 2.05) is 18.2 Å².